The quantitative estimate of drug-likeness (QED) is 0.742. The Balaban J connectivity index is 1.95. The summed E-state index contributed by atoms with van der Waals surface area (Å²) in [5.74, 6) is -0.659. The van der Waals surface area contributed by atoms with Crippen molar-refractivity contribution in [1.82, 2.24) is 0 Å². The molecule has 0 radical (unpaired) electrons. The van der Waals surface area contributed by atoms with Crippen molar-refractivity contribution < 1.29 is 24.9 Å². The van der Waals surface area contributed by atoms with E-state index in [4.69, 9.17) is 0 Å². The molecule has 2 aromatic carbocycles. The fourth-order valence-electron chi connectivity index (χ4n) is 4.15. The molecule has 0 spiro atoms. The van der Waals surface area contributed by atoms with Gasteiger partial charge in [-0.2, -0.15) is 0 Å². The van der Waals surface area contributed by atoms with E-state index in [2.05, 4.69) is 0 Å². The molecule has 0 fully saturated rings. The molecular formula is C20H18O5. The molecule has 0 aromatic heterocycles. The van der Waals surface area contributed by atoms with E-state index in [1.807, 2.05) is 0 Å². The Labute approximate surface area is 144 Å². The monoisotopic (exact) mass is 338 g/mol. The third-order valence-corrected chi connectivity index (χ3v) is 5.28. The summed E-state index contributed by atoms with van der Waals surface area (Å²) in [6, 6.07) is 8.17. The summed E-state index contributed by atoms with van der Waals surface area (Å²) in [7, 11) is 0. The zero-order chi connectivity index (χ0) is 17.7. The van der Waals surface area contributed by atoms with Crippen molar-refractivity contribution in [1.29, 1.82) is 0 Å². The van der Waals surface area contributed by atoms with Gasteiger partial charge in [-0.1, -0.05) is 18.2 Å². The lowest BCUT2D eigenvalue weighted by Crippen LogP contribution is -2.22. The average molecular weight is 338 g/mol. The van der Waals surface area contributed by atoms with Crippen LogP contribution in [0, 0.1) is 0 Å². The summed E-state index contributed by atoms with van der Waals surface area (Å²) in [6.07, 6.45) is 0.516. The number of ketones is 2. The SMILES string of the molecule is O=C1CC[C@@H](c2ccc(O)c3c2[C@@H](O)CCC3=O)c2cccc(O)c21. The van der Waals surface area contributed by atoms with Crippen molar-refractivity contribution in [3.63, 3.8) is 0 Å². The molecule has 5 nitrogen and oxygen atoms in total. The Morgan fingerprint density at radius 2 is 1.48 bits per heavy atom. The van der Waals surface area contributed by atoms with E-state index in [1.54, 1.807) is 18.2 Å². The number of carbonyl (C=O) groups is 2. The first-order chi connectivity index (χ1) is 12.0. The maximum atomic E-state index is 12.3. The normalized spacial score (nSPS) is 22.4. The van der Waals surface area contributed by atoms with Gasteiger partial charge in [0, 0.05) is 18.8 Å². The number of phenolic OH excluding ortho intramolecular Hbond substituents is 2. The largest absolute Gasteiger partial charge is 0.507 e. The van der Waals surface area contributed by atoms with E-state index in [9.17, 15) is 24.9 Å². The van der Waals surface area contributed by atoms with Gasteiger partial charge in [0.2, 0.25) is 0 Å². The molecule has 3 N–H and O–H groups in total. The van der Waals surface area contributed by atoms with Gasteiger partial charge in [-0.25, -0.2) is 0 Å². The summed E-state index contributed by atoms with van der Waals surface area (Å²) in [6.45, 7) is 0. The van der Waals surface area contributed by atoms with Crippen LogP contribution < -0.4 is 0 Å². The van der Waals surface area contributed by atoms with E-state index < -0.39 is 6.10 Å². The van der Waals surface area contributed by atoms with Crippen LogP contribution in [-0.4, -0.2) is 26.9 Å². The summed E-state index contributed by atoms with van der Waals surface area (Å²) in [4.78, 5) is 24.5. The number of Topliss-reactive ketones (excluding diaryl/α,β-unsaturated/α-hetero) is 2. The average Bonchev–Trinajstić information content (AvgIpc) is 2.59. The highest BCUT2D eigenvalue weighted by atomic mass is 16.3. The second kappa shape index (κ2) is 5.70. The lowest BCUT2D eigenvalue weighted by atomic mass is 9.73. The Bertz CT molecular complexity index is 899. The van der Waals surface area contributed by atoms with Gasteiger partial charge in [0.15, 0.2) is 11.6 Å². The van der Waals surface area contributed by atoms with E-state index in [0.29, 0.717) is 29.5 Å². The van der Waals surface area contributed by atoms with Crippen LogP contribution in [0.25, 0.3) is 0 Å². The van der Waals surface area contributed by atoms with Gasteiger partial charge < -0.3 is 15.3 Å². The predicted octanol–water partition coefficient (Wildman–Crippen LogP) is 3.22. The van der Waals surface area contributed by atoms with Gasteiger partial charge in [-0.05, 0) is 41.7 Å². The number of rotatable bonds is 1. The minimum Gasteiger partial charge on any atom is -0.507 e. The molecule has 0 saturated heterocycles. The maximum Gasteiger partial charge on any atom is 0.167 e. The van der Waals surface area contributed by atoms with Crippen molar-refractivity contribution in [3.05, 3.63) is 58.1 Å². The van der Waals surface area contributed by atoms with Crippen molar-refractivity contribution in [2.45, 2.75) is 37.7 Å². The molecule has 0 bridgehead atoms. The minimum absolute atomic E-state index is 0.0449. The standard InChI is InChI=1S/C20H18O5/c21-13-3-1-2-11-10(4-6-14(22)18(11)13)12-5-7-16(24)20-17(25)9-8-15(23)19(12)20/h1-3,5,7,10,15,21,23-24H,4,6,8-9H2/t10-,15+/m1/s1. The summed E-state index contributed by atoms with van der Waals surface area (Å²) in [5.41, 5.74) is 2.42. The van der Waals surface area contributed by atoms with E-state index in [1.165, 1.54) is 12.1 Å². The first-order valence-corrected chi connectivity index (χ1v) is 8.41. The van der Waals surface area contributed by atoms with Gasteiger partial charge in [-0.3, -0.25) is 9.59 Å². The molecular weight excluding hydrogens is 320 g/mol. The van der Waals surface area contributed by atoms with Gasteiger partial charge in [0.25, 0.3) is 0 Å². The van der Waals surface area contributed by atoms with Crippen LogP contribution in [0.3, 0.4) is 0 Å². The molecule has 0 amide bonds. The molecule has 25 heavy (non-hydrogen) atoms. The molecule has 5 heteroatoms. The second-order valence-electron chi connectivity index (χ2n) is 6.70. The third-order valence-electron chi connectivity index (χ3n) is 5.28. The fourth-order valence-corrected chi connectivity index (χ4v) is 4.15. The van der Waals surface area contributed by atoms with E-state index in [-0.39, 0.29) is 47.4 Å². The van der Waals surface area contributed by atoms with Crippen LogP contribution in [0.1, 0.15) is 75.1 Å². The number of aliphatic hydroxyl groups excluding tert-OH is 1. The molecule has 2 aliphatic rings. The van der Waals surface area contributed by atoms with Crippen LogP contribution in [0.4, 0.5) is 0 Å². The number of phenols is 2. The summed E-state index contributed by atoms with van der Waals surface area (Å²) < 4.78 is 0. The van der Waals surface area contributed by atoms with E-state index in [0.717, 1.165) is 5.56 Å². The van der Waals surface area contributed by atoms with Crippen LogP contribution in [0.15, 0.2) is 30.3 Å². The highest BCUT2D eigenvalue weighted by Crippen LogP contribution is 2.46. The topological polar surface area (TPSA) is 94.8 Å². The highest BCUT2D eigenvalue weighted by molar-refractivity contribution is 6.03. The molecule has 2 aromatic rings. The predicted molar refractivity (Wildman–Crippen MR) is 90.1 cm³/mol. The summed E-state index contributed by atoms with van der Waals surface area (Å²) >= 11 is 0. The molecule has 0 aliphatic heterocycles. The highest BCUT2D eigenvalue weighted by Gasteiger charge is 2.35. The van der Waals surface area contributed by atoms with Gasteiger partial charge in [0.1, 0.15) is 11.5 Å². The van der Waals surface area contributed by atoms with Gasteiger partial charge in [-0.15, -0.1) is 0 Å². The maximum absolute atomic E-state index is 12.3. The van der Waals surface area contributed by atoms with Crippen molar-refractivity contribution in [2.24, 2.45) is 0 Å². The number of fused-ring (bicyclic) bond motifs is 2. The molecule has 0 heterocycles. The molecule has 128 valence electrons. The lowest BCUT2D eigenvalue weighted by molar-refractivity contribution is 0.0888. The molecule has 0 saturated carbocycles. The van der Waals surface area contributed by atoms with Crippen LogP contribution >= 0.6 is 0 Å². The molecule has 2 atom stereocenters. The number of hydrogen-bond acceptors (Lipinski definition) is 5. The lowest BCUT2D eigenvalue weighted by Gasteiger charge is -2.31. The van der Waals surface area contributed by atoms with Gasteiger partial charge >= 0.3 is 0 Å². The fraction of sp³-hybridized carbons (Fsp3) is 0.300. The number of aliphatic hydroxyl groups is 1. The number of aromatic hydroxyl groups is 2. The Morgan fingerprint density at radius 1 is 0.800 bits per heavy atom. The van der Waals surface area contributed by atoms with Gasteiger partial charge in [0.05, 0.1) is 17.2 Å². The van der Waals surface area contributed by atoms with Crippen molar-refractivity contribution in [2.75, 3.05) is 0 Å². The summed E-state index contributed by atoms with van der Waals surface area (Å²) in [5, 5.41) is 30.7. The number of benzene rings is 2. The zero-order valence-electron chi connectivity index (χ0n) is 13.5. The molecule has 2 aliphatic carbocycles. The zero-order valence-corrected chi connectivity index (χ0v) is 13.5. The van der Waals surface area contributed by atoms with Crippen LogP contribution in [-0.2, 0) is 0 Å². The Kier molecular flexibility index (Phi) is 3.62. The van der Waals surface area contributed by atoms with Crippen molar-refractivity contribution in [3.8, 4) is 11.5 Å². The minimum atomic E-state index is -0.826. The third kappa shape index (κ3) is 2.35. The van der Waals surface area contributed by atoms with Crippen LogP contribution in [0.5, 0.6) is 11.5 Å². The smallest absolute Gasteiger partial charge is 0.167 e. The van der Waals surface area contributed by atoms with E-state index >= 15 is 0 Å². The Morgan fingerprint density at radius 3 is 2.28 bits per heavy atom. The second-order valence-corrected chi connectivity index (χ2v) is 6.70. The number of hydrogen-bond donors (Lipinski definition) is 3. The van der Waals surface area contributed by atoms with Crippen molar-refractivity contribution >= 4 is 11.6 Å². The molecule has 0 unspecified atom stereocenters. The molecule has 4 rings (SSSR count). The first-order valence-electron chi connectivity index (χ1n) is 8.41. The number of carbonyl (C=O) groups excluding carboxylic acids is 2. The first kappa shape index (κ1) is 15.8. The Hall–Kier alpha value is -2.66. The van der Waals surface area contributed by atoms with Crippen LogP contribution in [0.2, 0.25) is 0 Å².